The van der Waals surface area contributed by atoms with Crippen LogP contribution in [0.4, 0.5) is 0 Å². The number of hydrogen-bond donors (Lipinski definition) is 1. The van der Waals surface area contributed by atoms with Crippen LogP contribution in [0.5, 0.6) is 0 Å². The Labute approximate surface area is 132 Å². The molecule has 0 saturated carbocycles. The molecule has 5 nitrogen and oxygen atoms in total. The van der Waals surface area contributed by atoms with E-state index in [0.29, 0.717) is 24.6 Å². The smallest absolute Gasteiger partial charge is 0.254 e. The fraction of sp³-hybridized carbons (Fsp3) is 0.562. The summed E-state index contributed by atoms with van der Waals surface area (Å²) >= 11 is 0. The SMILES string of the molecule is Cc1ccc(S(C)(=O)=O)cc1C(=O)N1CCCC(C(C)N)C1. The highest BCUT2D eigenvalue weighted by Crippen LogP contribution is 2.23. The lowest BCUT2D eigenvalue weighted by Crippen LogP contribution is -2.45. The van der Waals surface area contributed by atoms with Gasteiger partial charge in [-0.25, -0.2) is 8.42 Å². The van der Waals surface area contributed by atoms with Crippen LogP contribution in [0.15, 0.2) is 23.1 Å². The average Bonchev–Trinajstić information content (AvgIpc) is 2.46. The van der Waals surface area contributed by atoms with Crippen molar-refractivity contribution in [2.24, 2.45) is 11.7 Å². The maximum Gasteiger partial charge on any atom is 0.254 e. The Morgan fingerprint density at radius 2 is 2.09 bits per heavy atom. The molecule has 1 fully saturated rings. The Hall–Kier alpha value is -1.40. The van der Waals surface area contributed by atoms with E-state index in [1.54, 1.807) is 17.0 Å². The second kappa shape index (κ2) is 6.38. The van der Waals surface area contributed by atoms with Gasteiger partial charge >= 0.3 is 0 Å². The zero-order valence-electron chi connectivity index (χ0n) is 13.4. The van der Waals surface area contributed by atoms with E-state index in [9.17, 15) is 13.2 Å². The van der Waals surface area contributed by atoms with Crippen LogP contribution in [0.25, 0.3) is 0 Å². The van der Waals surface area contributed by atoms with Crippen molar-refractivity contribution >= 4 is 15.7 Å². The number of rotatable bonds is 3. The summed E-state index contributed by atoms with van der Waals surface area (Å²) in [7, 11) is -3.32. The highest BCUT2D eigenvalue weighted by Gasteiger charge is 2.27. The molecule has 1 heterocycles. The number of piperidine rings is 1. The molecule has 0 spiro atoms. The molecule has 0 bridgehead atoms. The van der Waals surface area contributed by atoms with Crippen molar-refractivity contribution in [3.63, 3.8) is 0 Å². The van der Waals surface area contributed by atoms with Gasteiger partial charge in [0.05, 0.1) is 4.90 Å². The van der Waals surface area contributed by atoms with Gasteiger partial charge in [-0.3, -0.25) is 4.79 Å². The first-order chi connectivity index (χ1) is 10.2. The van der Waals surface area contributed by atoms with Crippen molar-refractivity contribution in [1.29, 1.82) is 0 Å². The molecule has 2 atom stereocenters. The van der Waals surface area contributed by atoms with Gasteiger partial charge in [-0.15, -0.1) is 0 Å². The van der Waals surface area contributed by atoms with Gasteiger partial charge in [0, 0.05) is 31.0 Å². The maximum atomic E-state index is 12.8. The summed E-state index contributed by atoms with van der Waals surface area (Å²) < 4.78 is 23.4. The van der Waals surface area contributed by atoms with Crippen LogP contribution in [0.1, 0.15) is 35.7 Å². The average molecular weight is 324 g/mol. The van der Waals surface area contributed by atoms with Crippen LogP contribution in [0.2, 0.25) is 0 Å². The van der Waals surface area contributed by atoms with Crippen LogP contribution < -0.4 is 5.73 Å². The standard InChI is InChI=1S/C16H24N2O3S/c1-11-6-7-14(22(3,20)21)9-15(11)16(19)18-8-4-5-13(10-18)12(2)17/h6-7,9,12-13H,4-5,8,10,17H2,1-3H3. The number of aryl methyl sites for hydroxylation is 1. The molecule has 122 valence electrons. The minimum atomic E-state index is -3.32. The Morgan fingerprint density at radius 1 is 1.41 bits per heavy atom. The Morgan fingerprint density at radius 3 is 2.68 bits per heavy atom. The summed E-state index contributed by atoms with van der Waals surface area (Å²) in [5.41, 5.74) is 7.22. The first-order valence-corrected chi connectivity index (χ1v) is 9.45. The van der Waals surface area contributed by atoms with Gasteiger partial charge in [0.2, 0.25) is 0 Å². The number of benzene rings is 1. The number of sulfone groups is 1. The van der Waals surface area contributed by atoms with E-state index < -0.39 is 9.84 Å². The molecule has 1 aliphatic heterocycles. The van der Waals surface area contributed by atoms with E-state index in [1.807, 2.05) is 13.8 Å². The highest BCUT2D eigenvalue weighted by molar-refractivity contribution is 7.90. The van der Waals surface area contributed by atoms with Crippen LogP contribution in [0, 0.1) is 12.8 Å². The number of amides is 1. The molecule has 1 aromatic carbocycles. The summed E-state index contributed by atoms with van der Waals surface area (Å²) in [6.07, 6.45) is 3.12. The van der Waals surface area contributed by atoms with E-state index in [4.69, 9.17) is 5.73 Å². The van der Waals surface area contributed by atoms with Crippen molar-refractivity contribution in [3.05, 3.63) is 29.3 Å². The first-order valence-electron chi connectivity index (χ1n) is 7.55. The molecule has 2 unspecified atom stereocenters. The van der Waals surface area contributed by atoms with Gasteiger partial charge in [-0.05, 0) is 50.3 Å². The van der Waals surface area contributed by atoms with Crippen molar-refractivity contribution in [2.75, 3.05) is 19.3 Å². The van der Waals surface area contributed by atoms with Crippen LogP contribution in [-0.4, -0.2) is 44.6 Å². The van der Waals surface area contributed by atoms with Crippen molar-refractivity contribution < 1.29 is 13.2 Å². The molecule has 1 aliphatic rings. The van der Waals surface area contributed by atoms with Gasteiger partial charge in [0.15, 0.2) is 9.84 Å². The van der Waals surface area contributed by atoms with E-state index in [0.717, 1.165) is 24.7 Å². The summed E-state index contributed by atoms with van der Waals surface area (Å²) in [4.78, 5) is 14.7. The van der Waals surface area contributed by atoms with Crippen molar-refractivity contribution in [1.82, 2.24) is 4.90 Å². The van der Waals surface area contributed by atoms with Crippen molar-refractivity contribution in [3.8, 4) is 0 Å². The van der Waals surface area contributed by atoms with E-state index in [1.165, 1.54) is 6.07 Å². The lowest BCUT2D eigenvalue weighted by atomic mass is 9.91. The zero-order chi connectivity index (χ0) is 16.5. The normalized spacial score (nSPS) is 20.7. The van der Waals surface area contributed by atoms with E-state index in [2.05, 4.69) is 0 Å². The molecule has 1 amide bonds. The molecule has 6 heteroatoms. The molecule has 2 rings (SSSR count). The molecule has 1 aromatic rings. The molecule has 0 aliphatic carbocycles. The van der Waals surface area contributed by atoms with Gasteiger partial charge < -0.3 is 10.6 Å². The molecule has 2 N–H and O–H groups in total. The van der Waals surface area contributed by atoms with Gasteiger partial charge in [0.25, 0.3) is 5.91 Å². The molecule has 1 saturated heterocycles. The summed E-state index contributed by atoms with van der Waals surface area (Å²) in [6, 6.07) is 4.78. The van der Waals surface area contributed by atoms with Crippen LogP contribution >= 0.6 is 0 Å². The largest absolute Gasteiger partial charge is 0.338 e. The predicted octanol–water partition coefficient (Wildman–Crippen LogP) is 1.60. The van der Waals surface area contributed by atoms with Gasteiger partial charge in [0.1, 0.15) is 0 Å². The zero-order valence-corrected chi connectivity index (χ0v) is 14.2. The third-order valence-electron chi connectivity index (χ3n) is 4.36. The maximum absolute atomic E-state index is 12.8. The quantitative estimate of drug-likeness (QED) is 0.916. The van der Waals surface area contributed by atoms with E-state index in [-0.39, 0.29) is 16.8 Å². The lowest BCUT2D eigenvalue weighted by Gasteiger charge is -2.35. The second-order valence-electron chi connectivity index (χ2n) is 6.26. The predicted molar refractivity (Wildman–Crippen MR) is 86.6 cm³/mol. The number of nitrogens with zero attached hydrogens (tertiary/aromatic N) is 1. The first kappa shape index (κ1) is 17.0. The fourth-order valence-electron chi connectivity index (χ4n) is 2.86. The van der Waals surface area contributed by atoms with Crippen molar-refractivity contribution in [2.45, 2.75) is 37.6 Å². The minimum Gasteiger partial charge on any atom is -0.338 e. The summed E-state index contributed by atoms with van der Waals surface area (Å²) in [5.74, 6) is 0.199. The molecule has 0 radical (unpaired) electrons. The highest BCUT2D eigenvalue weighted by atomic mass is 32.2. The number of nitrogens with two attached hydrogens (primary N) is 1. The second-order valence-corrected chi connectivity index (χ2v) is 8.28. The number of hydrogen-bond acceptors (Lipinski definition) is 4. The Bertz CT molecular complexity index is 668. The molecular formula is C16H24N2O3S. The lowest BCUT2D eigenvalue weighted by molar-refractivity contribution is 0.0660. The fourth-order valence-corrected chi connectivity index (χ4v) is 3.50. The monoisotopic (exact) mass is 324 g/mol. The Kier molecular flexibility index (Phi) is 4.92. The van der Waals surface area contributed by atoms with Gasteiger partial charge in [-0.2, -0.15) is 0 Å². The summed E-state index contributed by atoms with van der Waals surface area (Å²) in [5, 5.41) is 0. The molecule has 22 heavy (non-hydrogen) atoms. The summed E-state index contributed by atoms with van der Waals surface area (Å²) in [6.45, 7) is 5.13. The topological polar surface area (TPSA) is 80.5 Å². The van der Waals surface area contributed by atoms with Crippen LogP contribution in [-0.2, 0) is 9.84 Å². The van der Waals surface area contributed by atoms with Gasteiger partial charge in [-0.1, -0.05) is 6.07 Å². The Balaban J connectivity index is 2.29. The van der Waals surface area contributed by atoms with E-state index >= 15 is 0 Å². The molecular weight excluding hydrogens is 300 g/mol. The number of carbonyl (C=O) groups excluding carboxylic acids is 1. The third-order valence-corrected chi connectivity index (χ3v) is 5.47. The number of likely N-dealkylation sites (tertiary alicyclic amines) is 1. The van der Waals surface area contributed by atoms with Crippen LogP contribution in [0.3, 0.4) is 0 Å². The molecule has 0 aromatic heterocycles. The number of carbonyl (C=O) groups is 1. The minimum absolute atomic E-state index is 0.0547. The third kappa shape index (κ3) is 3.67.